The summed E-state index contributed by atoms with van der Waals surface area (Å²) < 4.78 is 7.74. The first-order chi connectivity index (χ1) is 12.1. The van der Waals surface area contributed by atoms with Crippen LogP contribution in [-0.2, 0) is 16.1 Å². The first kappa shape index (κ1) is 16.6. The average Bonchev–Trinajstić information content (AvgIpc) is 3.06. The molecule has 7 heteroatoms. The Balaban J connectivity index is 2.03. The summed E-state index contributed by atoms with van der Waals surface area (Å²) in [6.07, 6.45) is 4.50. The molecule has 0 aliphatic heterocycles. The molecular weight excluding hydrogens is 320 g/mol. The van der Waals surface area contributed by atoms with Gasteiger partial charge < -0.3 is 4.74 Å². The molecule has 0 aliphatic rings. The van der Waals surface area contributed by atoms with Crippen molar-refractivity contribution >= 4 is 16.9 Å². The fraction of sp³-hybridized carbons (Fsp3) is 0.222. The smallest absolute Gasteiger partial charge is 0.330 e. The van der Waals surface area contributed by atoms with Crippen molar-refractivity contribution in [3.05, 3.63) is 64.7 Å². The highest BCUT2D eigenvalue weighted by Gasteiger charge is 2.14. The molecule has 2 heterocycles. The number of carbonyl (C=O) groups is 1. The first-order valence-electron chi connectivity index (χ1n) is 7.96. The van der Waals surface area contributed by atoms with E-state index < -0.39 is 5.97 Å². The molecule has 3 rings (SSSR count). The van der Waals surface area contributed by atoms with E-state index in [1.807, 2.05) is 37.3 Å². The minimum absolute atomic E-state index is 0.175. The Morgan fingerprint density at radius 3 is 2.76 bits per heavy atom. The molecule has 0 bridgehead atoms. The number of hydrogen-bond donors (Lipinski definition) is 0. The van der Waals surface area contributed by atoms with E-state index in [9.17, 15) is 9.59 Å². The van der Waals surface area contributed by atoms with Crippen molar-refractivity contribution in [1.82, 2.24) is 19.6 Å². The van der Waals surface area contributed by atoms with Crippen LogP contribution in [0.1, 0.15) is 12.6 Å². The normalized spacial score (nSPS) is 11.3. The Morgan fingerprint density at radius 2 is 2.04 bits per heavy atom. The number of benzene rings is 1. The van der Waals surface area contributed by atoms with E-state index in [2.05, 4.69) is 10.2 Å². The molecule has 0 fully saturated rings. The molecule has 0 N–H and O–H groups in total. The molecule has 7 nitrogen and oxygen atoms in total. The van der Waals surface area contributed by atoms with Gasteiger partial charge >= 0.3 is 5.97 Å². The largest absolute Gasteiger partial charge is 0.463 e. The van der Waals surface area contributed by atoms with Gasteiger partial charge in [0.05, 0.1) is 30.7 Å². The van der Waals surface area contributed by atoms with E-state index in [1.54, 1.807) is 23.9 Å². The molecule has 0 atom stereocenters. The lowest BCUT2D eigenvalue weighted by Crippen LogP contribution is -2.25. The first-order valence-corrected chi connectivity index (χ1v) is 7.96. The minimum atomic E-state index is -0.442. The van der Waals surface area contributed by atoms with Crippen molar-refractivity contribution < 1.29 is 9.53 Å². The van der Waals surface area contributed by atoms with Crippen LogP contribution in [0.5, 0.6) is 0 Å². The number of para-hydroxylation sites is 1. The van der Waals surface area contributed by atoms with Crippen LogP contribution >= 0.6 is 0 Å². The number of carbonyl (C=O) groups excluding carboxylic acids is 1. The third kappa shape index (κ3) is 3.35. The van der Waals surface area contributed by atoms with Crippen LogP contribution in [-0.4, -0.2) is 32.1 Å². The molecule has 0 aliphatic carbocycles. The van der Waals surface area contributed by atoms with Gasteiger partial charge in [-0.2, -0.15) is 10.2 Å². The fourth-order valence-corrected chi connectivity index (χ4v) is 2.55. The Hall–Kier alpha value is -3.22. The monoisotopic (exact) mass is 338 g/mol. The second-order valence-corrected chi connectivity index (χ2v) is 5.38. The summed E-state index contributed by atoms with van der Waals surface area (Å²) in [6.45, 7) is 4.04. The Kier molecular flexibility index (Phi) is 4.74. The number of esters is 1. The number of nitrogens with zero attached hydrogens (tertiary/aromatic N) is 4. The van der Waals surface area contributed by atoms with Gasteiger partial charge in [-0.25, -0.2) is 14.2 Å². The van der Waals surface area contributed by atoms with E-state index in [4.69, 9.17) is 4.74 Å². The molecule has 0 amide bonds. The van der Waals surface area contributed by atoms with Crippen LogP contribution in [0.15, 0.2) is 53.5 Å². The van der Waals surface area contributed by atoms with Gasteiger partial charge in [0.25, 0.3) is 5.56 Å². The average molecular weight is 338 g/mol. The van der Waals surface area contributed by atoms with Crippen molar-refractivity contribution in [2.75, 3.05) is 6.61 Å². The zero-order valence-corrected chi connectivity index (χ0v) is 14.0. The molecule has 0 spiro atoms. The van der Waals surface area contributed by atoms with Gasteiger partial charge in [0.1, 0.15) is 5.52 Å². The quantitative estimate of drug-likeness (QED) is 0.525. The molecule has 25 heavy (non-hydrogen) atoms. The molecule has 0 saturated heterocycles. The lowest BCUT2D eigenvalue weighted by atomic mass is 10.2. The maximum absolute atomic E-state index is 12.8. The summed E-state index contributed by atoms with van der Waals surface area (Å²) in [5, 5.41) is 9.34. The molecule has 128 valence electrons. The number of aromatic nitrogens is 4. The van der Waals surface area contributed by atoms with Crippen LogP contribution < -0.4 is 5.56 Å². The summed E-state index contributed by atoms with van der Waals surface area (Å²) in [7, 11) is 0. The van der Waals surface area contributed by atoms with Crippen molar-refractivity contribution in [2.45, 2.75) is 20.4 Å². The van der Waals surface area contributed by atoms with Crippen LogP contribution in [0.4, 0.5) is 0 Å². The zero-order valence-electron chi connectivity index (χ0n) is 14.0. The molecule has 1 aromatic carbocycles. The standard InChI is InChI=1S/C18H18N4O3/c1-3-25-16(23)10-7-11-21-18(24)17-15(13(2)20-21)12-19-22(17)14-8-5-4-6-9-14/h4-10,12H,3,11H2,1-2H3/b10-7+. The van der Waals surface area contributed by atoms with E-state index in [0.717, 1.165) is 5.69 Å². The van der Waals surface area contributed by atoms with Crippen LogP contribution in [0, 0.1) is 6.92 Å². The number of hydrogen-bond acceptors (Lipinski definition) is 5. The van der Waals surface area contributed by atoms with E-state index in [1.165, 1.54) is 10.8 Å². The van der Waals surface area contributed by atoms with Gasteiger partial charge in [-0.1, -0.05) is 24.3 Å². The molecular formula is C18H18N4O3. The number of rotatable bonds is 5. The SMILES string of the molecule is CCOC(=O)/C=C/Cn1nc(C)c2cnn(-c3ccccc3)c2c1=O. The minimum Gasteiger partial charge on any atom is -0.463 e. The molecule has 0 saturated carbocycles. The van der Waals surface area contributed by atoms with Gasteiger partial charge in [-0.3, -0.25) is 4.79 Å². The molecule has 2 aromatic heterocycles. The van der Waals surface area contributed by atoms with Gasteiger partial charge in [0.15, 0.2) is 0 Å². The van der Waals surface area contributed by atoms with E-state index >= 15 is 0 Å². The van der Waals surface area contributed by atoms with Gasteiger partial charge in [0, 0.05) is 11.5 Å². The summed E-state index contributed by atoms with van der Waals surface area (Å²) in [5.41, 5.74) is 1.69. The Labute approximate surface area is 144 Å². The summed E-state index contributed by atoms with van der Waals surface area (Å²) in [6, 6.07) is 9.44. The maximum atomic E-state index is 12.8. The highest BCUT2D eigenvalue weighted by atomic mass is 16.5. The second kappa shape index (κ2) is 7.12. The van der Waals surface area contributed by atoms with Gasteiger partial charge in [-0.15, -0.1) is 0 Å². The molecule has 0 unspecified atom stereocenters. The van der Waals surface area contributed by atoms with E-state index in [-0.39, 0.29) is 12.1 Å². The van der Waals surface area contributed by atoms with Crippen LogP contribution in [0.3, 0.4) is 0 Å². The van der Waals surface area contributed by atoms with Gasteiger partial charge in [-0.05, 0) is 26.0 Å². The van der Waals surface area contributed by atoms with Gasteiger partial charge in [0.2, 0.25) is 0 Å². The van der Waals surface area contributed by atoms with Crippen LogP contribution in [0.25, 0.3) is 16.6 Å². The summed E-state index contributed by atoms with van der Waals surface area (Å²) in [5.74, 6) is -0.442. The zero-order chi connectivity index (χ0) is 17.8. The number of aryl methyl sites for hydroxylation is 1. The predicted octanol–water partition coefficient (Wildman–Crippen LogP) is 2.01. The van der Waals surface area contributed by atoms with Crippen molar-refractivity contribution in [3.63, 3.8) is 0 Å². The highest BCUT2D eigenvalue weighted by Crippen LogP contribution is 2.16. The van der Waals surface area contributed by atoms with Crippen LogP contribution in [0.2, 0.25) is 0 Å². The lowest BCUT2D eigenvalue weighted by molar-refractivity contribution is -0.137. The lowest BCUT2D eigenvalue weighted by Gasteiger charge is -2.07. The number of ether oxygens (including phenoxy) is 1. The summed E-state index contributed by atoms with van der Waals surface area (Å²) in [4.78, 5) is 24.2. The Morgan fingerprint density at radius 1 is 1.28 bits per heavy atom. The topological polar surface area (TPSA) is 79.0 Å². The number of fused-ring (bicyclic) bond motifs is 1. The third-order valence-electron chi connectivity index (χ3n) is 3.69. The Bertz CT molecular complexity index is 987. The summed E-state index contributed by atoms with van der Waals surface area (Å²) >= 11 is 0. The second-order valence-electron chi connectivity index (χ2n) is 5.38. The third-order valence-corrected chi connectivity index (χ3v) is 3.69. The van der Waals surface area contributed by atoms with Crippen molar-refractivity contribution in [1.29, 1.82) is 0 Å². The molecule has 0 radical (unpaired) electrons. The van der Waals surface area contributed by atoms with Crippen molar-refractivity contribution in [2.24, 2.45) is 0 Å². The maximum Gasteiger partial charge on any atom is 0.330 e. The predicted molar refractivity (Wildman–Crippen MR) is 93.6 cm³/mol. The number of allylic oxidation sites excluding steroid dienone is 1. The van der Waals surface area contributed by atoms with Crippen molar-refractivity contribution in [3.8, 4) is 5.69 Å². The highest BCUT2D eigenvalue weighted by molar-refractivity contribution is 5.82. The fourth-order valence-electron chi connectivity index (χ4n) is 2.55. The molecule has 3 aromatic rings. The van der Waals surface area contributed by atoms with E-state index in [0.29, 0.717) is 23.2 Å².